The third-order valence-corrected chi connectivity index (χ3v) is 13.3. The van der Waals surface area contributed by atoms with Crippen LogP contribution in [0.4, 0.5) is 0 Å². The van der Waals surface area contributed by atoms with Crippen molar-refractivity contribution in [3.63, 3.8) is 0 Å². The van der Waals surface area contributed by atoms with Gasteiger partial charge in [-0.1, -0.05) is 183 Å². The third-order valence-electron chi connectivity index (χ3n) is 13.3. The fourth-order valence-electron chi connectivity index (χ4n) is 8.46. The van der Waals surface area contributed by atoms with Crippen LogP contribution in [0.5, 0.6) is 11.5 Å². The van der Waals surface area contributed by atoms with Crippen molar-refractivity contribution in [1.29, 1.82) is 0 Å². The number of hydrogen-bond acceptors (Lipinski definition) is 6. The minimum absolute atomic E-state index is 0.00889. The first-order valence-electron chi connectivity index (χ1n) is 24.7. The molecule has 4 aromatic carbocycles. The number of hydrogen-bond donors (Lipinski definition) is 0. The van der Waals surface area contributed by atoms with Crippen LogP contribution < -0.4 is 9.47 Å². The number of hydroxylamine groups is 3. The van der Waals surface area contributed by atoms with Crippen molar-refractivity contribution in [1.82, 2.24) is 5.06 Å². The van der Waals surface area contributed by atoms with E-state index in [4.69, 9.17) is 14.2 Å². The first kappa shape index (κ1) is 50.2. The standard InChI is InChI=1S/C56H77N2O6/c1-6-8-10-12-14-16-18-20-22-24-42-62-51-38-34-47(35-39-51)45-26-30-49(31-27-45)53-57(60)55(3,4)56(5,58(53)61)44-64-54(59)50-32-28-46(29-33-50)48-36-40-52(41-37-48)63-43-25-23-21-19-17-15-13-11-9-7-2/h26-41H,6-25,42-44H2,1-5H3/t56-/m1/s1. The second-order valence-corrected chi connectivity index (χ2v) is 18.6. The normalized spacial score (nSPS) is 15.8. The van der Waals surface area contributed by atoms with Gasteiger partial charge >= 0.3 is 11.8 Å². The largest absolute Gasteiger partial charge is 0.714 e. The summed E-state index contributed by atoms with van der Waals surface area (Å²) in [6.45, 7) is 10.8. The maximum Gasteiger partial charge on any atom is 0.338 e. The Labute approximate surface area is 385 Å². The first-order chi connectivity index (χ1) is 31.1. The fraction of sp³-hybridized carbons (Fsp3) is 0.536. The van der Waals surface area contributed by atoms with Crippen LogP contribution in [0, 0.1) is 5.21 Å². The van der Waals surface area contributed by atoms with E-state index in [0.29, 0.717) is 17.7 Å². The molecule has 0 N–H and O–H groups in total. The Balaban J connectivity index is 1.06. The van der Waals surface area contributed by atoms with Crippen molar-refractivity contribution in [3.05, 3.63) is 113 Å². The van der Waals surface area contributed by atoms with Gasteiger partial charge in [-0.2, -0.15) is 0 Å². The number of ether oxygens (including phenoxy) is 3. The Morgan fingerprint density at radius 1 is 0.500 bits per heavy atom. The highest BCUT2D eigenvalue weighted by Crippen LogP contribution is 2.39. The predicted octanol–water partition coefficient (Wildman–Crippen LogP) is 14.9. The van der Waals surface area contributed by atoms with Crippen molar-refractivity contribution in [2.24, 2.45) is 0 Å². The number of nitrogens with zero attached hydrogens (tertiary/aromatic N) is 2. The molecule has 0 bridgehead atoms. The lowest BCUT2D eigenvalue weighted by molar-refractivity contribution is -0.548. The maximum absolute atomic E-state index is 14.0. The van der Waals surface area contributed by atoms with Crippen molar-refractivity contribution in [3.8, 4) is 33.8 Å². The lowest BCUT2D eigenvalue weighted by Crippen LogP contribution is -2.58. The average molecular weight is 874 g/mol. The number of benzene rings is 4. The molecule has 8 nitrogen and oxygen atoms in total. The maximum atomic E-state index is 14.0. The number of unbranched alkanes of at least 4 members (excludes halogenated alkanes) is 18. The zero-order valence-corrected chi connectivity index (χ0v) is 39.8. The molecule has 0 unspecified atom stereocenters. The van der Waals surface area contributed by atoms with E-state index in [1.165, 1.54) is 116 Å². The van der Waals surface area contributed by atoms with Crippen LogP contribution in [-0.4, -0.2) is 52.5 Å². The van der Waals surface area contributed by atoms with E-state index in [9.17, 15) is 15.2 Å². The molecule has 4 aromatic rings. The summed E-state index contributed by atoms with van der Waals surface area (Å²) in [6, 6.07) is 30.7. The Morgan fingerprint density at radius 2 is 0.828 bits per heavy atom. The molecule has 0 spiro atoms. The smallest absolute Gasteiger partial charge is 0.338 e. The van der Waals surface area contributed by atoms with E-state index in [-0.39, 0.29) is 12.4 Å². The first-order valence-corrected chi connectivity index (χ1v) is 24.7. The van der Waals surface area contributed by atoms with Crippen molar-refractivity contribution >= 4 is 11.8 Å². The molecule has 8 heteroatoms. The SMILES string of the molecule is CCCCCCCCCCCCOc1ccc(-c2ccc(C(=O)OC[C@@]3(C)[N+]([O-])=C(c4ccc(-c5ccc(OCCCCCCCCCCCC)cc5)cc4)N([O])C3(C)C)cc2)cc1. The van der Waals surface area contributed by atoms with Gasteiger partial charge in [0.15, 0.2) is 11.1 Å². The molecule has 347 valence electrons. The molecule has 1 radical (unpaired) electrons. The number of esters is 1. The summed E-state index contributed by atoms with van der Waals surface area (Å²) in [4.78, 5) is 13.3. The van der Waals surface area contributed by atoms with E-state index in [0.717, 1.165) is 63.0 Å². The summed E-state index contributed by atoms with van der Waals surface area (Å²) in [5.74, 6) is 1.14. The second-order valence-electron chi connectivity index (χ2n) is 18.6. The van der Waals surface area contributed by atoms with Crippen molar-refractivity contribution in [2.45, 2.75) is 174 Å². The molecule has 1 atom stereocenters. The Morgan fingerprint density at radius 3 is 1.22 bits per heavy atom. The minimum atomic E-state index is -1.35. The molecule has 5 rings (SSSR count). The van der Waals surface area contributed by atoms with E-state index in [1.807, 2.05) is 72.8 Å². The van der Waals surface area contributed by atoms with Gasteiger partial charge in [0, 0.05) is 5.21 Å². The van der Waals surface area contributed by atoms with Gasteiger partial charge in [-0.15, -0.1) is 0 Å². The fourth-order valence-corrected chi connectivity index (χ4v) is 8.46. The lowest BCUT2D eigenvalue weighted by Gasteiger charge is -2.35. The summed E-state index contributed by atoms with van der Waals surface area (Å²) < 4.78 is 18.5. The molecule has 0 fully saturated rings. The molecule has 1 heterocycles. The van der Waals surface area contributed by atoms with Crippen molar-refractivity contribution in [2.75, 3.05) is 19.8 Å². The van der Waals surface area contributed by atoms with Gasteiger partial charge in [-0.05, 0) is 104 Å². The van der Waals surface area contributed by atoms with Crippen molar-refractivity contribution < 1.29 is 29.0 Å². The number of rotatable bonds is 30. The Kier molecular flexibility index (Phi) is 20.6. The van der Waals surface area contributed by atoms with Gasteiger partial charge in [0.25, 0.3) is 0 Å². The van der Waals surface area contributed by atoms with E-state index >= 15 is 0 Å². The van der Waals surface area contributed by atoms with E-state index in [2.05, 4.69) is 13.8 Å². The third kappa shape index (κ3) is 14.3. The quantitative estimate of drug-likeness (QED) is 0.0224. The summed E-state index contributed by atoms with van der Waals surface area (Å²) in [7, 11) is 0. The number of amidine groups is 1. The highest BCUT2D eigenvalue weighted by atomic mass is 16.6. The van der Waals surface area contributed by atoms with Crippen LogP contribution in [0.15, 0.2) is 97.1 Å². The topological polar surface area (TPSA) is 94.0 Å². The Bertz CT molecular complexity index is 1970. The number of carbonyl (C=O) groups is 1. The molecule has 0 amide bonds. The second kappa shape index (κ2) is 26.2. The Hall–Kier alpha value is -4.82. The average Bonchev–Trinajstić information content (AvgIpc) is 3.45. The van der Waals surface area contributed by atoms with Crippen LogP contribution in [0.25, 0.3) is 22.3 Å². The highest BCUT2D eigenvalue weighted by molar-refractivity contribution is 5.96. The van der Waals surface area contributed by atoms with Crippen LogP contribution in [0.3, 0.4) is 0 Å². The molecule has 0 aliphatic carbocycles. The van der Waals surface area contributed by atoms with Gasteiger partial charge < -0.3 is 19.4 Å². The summed E-state index contributed by atoms with van der Waals surface area (Å²) in [6.07, 6.45) is 25.9. The van der Waals surface area contributed by atoms with Crippen LogP contribution >= 0.6 is 0 Å². The molecule has 0 aromatic heterocycles. The van der Waals surface area contributed by atoms with Gasteiger partial charge in [-0.25, -0.2) is 4.79 Å². The van der Waals surface area contributed by atoms with Crippen LogP contribution in [0.2, 0.25) is 0 Å². The summed E-state index contributed by atoms with van der Waals surface area (Å²) in [5.41, 5.74) is 2.26. The molecule has 64 heavy (non-hydrogen) atoms. The van der Waals surface area contributed by atoms with E-state index in [1.54, 1.807) is 45.0 Å². The predicted molar refractivity (Wildman–Crippen MR) is 261 cm³/mol. The monoisotopic (exact) mass is 874 g/mol. The van der Waals surface area contributed by atoms with E-state index < -0.39 is 17.0 Å². The zero-order chi connectivity index (χ0) is 45.6. The van der Waals surface area contributed by atoms with Gasteiger partial charge in [0.1, 0.15) is 18.1 Å². The highest BCUT2D eigenvalue weighted by Gasteiger charge is 2.63. The molecule has 0 saturated carbocycles. The van der Waals surface area contributed by atoms with Gasteiger partial charge in [0.2, 0.25) is 0 Å². The molecule has 1 aliphatic rings. The van der Waals surface area contributed by atoms with Gasteiger partial charge in [0.05, 0.1) is 24.3 Å². The summed E-state index contributed by atoms with van der Waals surface area (Å²) in [5, 5.41) is 28.6. The van der Waals surface area contributed by atoms with Crippen LogP contribution in [-0.2, 0) is 9.94 Å². The molecular formula is C56H77N2O6. The van der Waals surface area contributed by atoms with Gasteiger partial charge in [-0.3, -0.25) is 4.74 Å². The zero-order valence-electron chi connectivity index (χ0n) is 39.8. The lowest BCUT2D eigenvalue weighted by atomic mass is 9.83. The minimum Gasteiger partial charge on any atom is -0.714 e. The molecule has 0 saturated heterocycles. The summed E-state index contributed by atoms with van der Waals surface area (Å²) >= 11 is 0. The molecular weight excluding hydrogens is 797 g/mol. The molecule has 1 aliphatic heterocycles. The van der Waals surface area contributed by atoms with Crippen LogP contribution in [0.1, 0.15) is 179 Å². The number of carbonyl (C=O) groups excluding carboxylic acids is 1.